The first-order valence-corrected chi connectivity index (χ1v) is 12.9. The number of nitrogens with zero attached hydrogens (tertiary/aromatic N) is 3. The molecule has 0 bridgehead atoms. The number of anilines is 1. The van der Waals surface area contributed by atoms with Crippen LogP contribution < -0.4 is 29.7 Å². The van der Waals surface area contributed by atoms with Crippen LogP contribution in [0.1, 0.15) is 20.9 Å². The summed E-state index contributed by atoms with van der Waals surface area (Å²) in [5.74, 6) is 1.79. The fourth-order valence-electron chi connectivity index (χ4n) is 3.40. The smallest absolute Gasteiger partial charge is 0.257 e. The van der Waals surface area contributed by atoms with Crippen LogP contribution in [-0.4, -0.2) is 55.7 Å². The van der Waals surface area contributed by atoms with Gasteiger partial charge in [-0.3, -0.25) is 14.9 Å². The maximum Gasteiger partial charge on any atom is 0.257 e. The molecule has 0 aliphatic rings. The summed E-state index contributed by atoms with van der Waals surface area (Å²) < 4.78 is 21.9. The largest absolute Gasteiger partial charge is 0.497 e. The third-order valence-corrected chi connectivity index (χ3v) is 6.17. The third kappa shape index (κ3) is 8.01. The minimum atomic E-state index is -0.385. The summed E-state index contributed by atoms with van der Waals surface area (Å²) in [6, 6.07) is 21.3. The van der Waals surface area contributed by atoms with Crippen molar-refractivity contribution in [2.75, 3.05) is 32.8 Å². The van der Waals surface area contributed by atoms with Gasteiger partial charge in [0.2, 0.25) is 11.0 Å². The molecule has 0 unspecified atom stereocenters. The molecule has 4 aromatic rings. The van der Waals surface area contributed by atoms with Crippen LogP contribution in [0.15, 0.2) is 77.9 Å². The highest BCUT2D eigenvalue weighted by molar-refractivity contribution is 7.15. The SMILES string of the molecule is COc1ccc(C(=O)Nc2nnc(CC(=O)N/N=C\c3ccccc3OCCOc3ccccc3OC)s2)cc1. The Bertz CT molecular complexity index is 1460. The van der Waals surface area contributed by atoms with Gasteiger partial charge in [-0.1, -0.05) is 35.6 Å². The molecule has 0 atom stereocenters. The quantitative estimate of drug-likeness (QED) is 0.142. The van der Waals surface area contributed by atoms with Gasteiger partial charge < -0.3 is 18.9 Å². The lowest BCUT2D eigenvalue weighted by Crippen LogP contribution is -2.19. The monoisotopic (exact) mass is 561 g/mol. The average Bonchev–Trinajstić information content (AvgIpc) is 3.42. The second kappa shape index (κ2) is 14.3. The van der Waals surface area contributed by atoms with Crippen molar-refractivity contribution in [2.24, 2.45) is 5.10 Å². The van der Waals surface area contributed by atoms with E-state index in [0.717, 1.165) is 11.3 Å². The van der Waals surface area contributed by atoms with E-state index in [1.54, 1.807) is 44.6 Å². The predicted molar refractivity (Wildman–Crippen MR) is 151 cm³/mol. The molecule has 0 radical (unpaired) electrons. The molecule has 1 heterocycles. The zero-order valence-corrected chi connectivity index (χ0v) is 22.6. The Morgan fingerprint density at radius 1 is 0.850 bits per heavy atom. The molecular weight excluding hydrogens is 534 g/mol. The highest BCUT2D eigenvalue weighted by Gasteiger charge is 2.13. The van der Waals surface area contributed by atoms with Crippen molar-refractivity contribution in [3.8, 4) is 23.0 Å². The summed E-state index contributed by atoms with van der Waals surface area (Å²) >= 11 is 1.10. The normalized spacial score (nSPS) is 10.7. The second-order valence-electron chi connectivity index (χ2n) is 8.04. The van der Waals surface area contributed by atoms with E-state index in [2.05, 4.69) is 26.0 Å². The van der Waals surface area contributed by atoms with Gasteiger partial charge in [-0.2, -0.15) is 5.10 Å². The fourth-order valence-corrected chi connectivity index (χ4v) is 4.13. The zero-order chi connectivity index (χ0) is 28.2. The van der Waals surface area contributed by atoms with Gasteiger partial charge in [0.15, 0.2) is 11.5 Å². The molecule has 206 valence electrons. The van der Waals surface area contributed by atoms with Gasteiger partial charge >= 0.3 is 0 Å². The van der Waals surface area contributed by atoms with Crippen molar-refractivity contribution in [3.63, 3.8) is 0 Å². The molecule has 40 heavy (non-hydrogen) atoms. The minimum absolute atomic E-state index is 0.0498. The summed E-state index contributed by atoms with van der Waals surface area (Å²) in [5.41, 5.74) is 3.59. The number of ether oxygens (including phenoxy) is 4. The second-order valence-corrected chi connectivity index (χ2v) is 9.10. The van der Waals surface area contributed by atoms with Gasteiger partial charge in [-0.15, -0.1) is 10.2 Å². The lowest BCUT2D eigenvalue weighted by Gasteiger charge is -2.12. The molecule has 1 aromatic heterocycles. The number of carbonyl (C=O) groups is 2. The highest BCUT2D eigenvalue weighted by Crippen LogP contribution is 2.25. The Hall–Kier alpha value is -4.97. The van der Waals surface area contributed by atoms with E-state index in [0.29, 0.717) is 52.3 Å². The van der Waals surface area contributed by atoms with Crippen LogP contribution in [0.2, 0.25) is 0 Å². The molecule has 0 spiro atoms. The van der Waals surface area contributed by atoms with E-state index in [1.807, 2.05) is 42.5 Å². The predicted octanol–water partition coefficient (Wildman–Crippen LogP) is 3.96. The number of methoxy groups -OCH3 is 2. The van der Waals surface area contributed by atoms with Crippen molar-refractivity contribution in [1.82, 2.24) is 15.6 Å². The van der Waals surface area contributed by atoms with Gasteiger partial charge in [0.25, 0.3) is 5.91 Å². The number of hydrogen-bond donors (Lipinski definition) is 2. The fraction of sp³-hybridized carbons (Fsp3) is 0.179. The minimum Gasteiger partial charge on any atom is -0.497 e. The van der Waals surface area contributed by atoms with E-state index in [4.69, 9.17) is 18.9 Å². The number of hydrazone groups is 1. The first kappa shape index (κ1) is 28.0. The van der Waals surface area contributed by atoms with E-state index in [9.17, 15) is 9.59 Å². The molecule has 0 aliphatic heterocycles. The number of amides is 2. The first-order valence-electron chi connectivity index (χ1n) is 12.1. The van der Waals surface area contributed by atoms with E-state index in [1.165, 1.54) is 6.21 Å². The van der Waals surface area contributed by atoms with Crippen LogP contribution in [0, 0.1) is 0 Å². The molecule has 12 heteroatoms. The summed E-state index contributed by atoms with van der Waals surface area (Å²) in [6.07, 6.45) is 1.45. The van der Waals surface area contributed by atoms with Crippen molar-refractivity contribution >= 4 is 34.5 Å². The highest BCUT2D eigenvalue weighted by atomic mass is 32.1. The van der Waals surface area contributed by atoms with Crippen LogP contribution in [-0.2, 0) is 11.2 Å². The lowest BCUT2D eigenvalue weighted by molar-refractivity contribution is -0.120. The Balaban J connectivity index is 1.23. The van der Waals surface area contributed by atoms with E-state index >= 15 is 0 Å². The van der Waals surface area contributed by atoms with Crippen molar-refractivity contribution in [1.29, 1.82) is 0 Å². The van der Waals surface area contributed by atoms with Crippen molar-refractivity contribution < 1.29 is 28.5 Å². The molecule has 2 N–H and O–H groups in total. The van der Waals surface area contributed by atoms with Crippen LogP contribution in [0.4, 0.5) is 5.13 Å². The maximum atomic E-state index is 12.4. The molecule has 4 rings (SSSR count). The van der Waals surface area contributed by atoms with E-state index < -0.39 is 0 Å². The topological polar surface area (TPSA) is 133 Å². The zero-order valence-electron chi connectivity index (χ0n) is 21.8. The molecule has 0 saturated heterocycles. The number of benzene rings is 3. The average molecular weight is 562 g/mol. The molecule has 0 fully saturated rings. The van der Waals surface area contributed by atoms with Crippen LogP contribution in [0.5, 0.6) is 23.0 Å². The number of rotatable bonds is 13. The van der Waals surface area contributed by atoms with Crippen LogP contribution >= 0.6 is 11.3 Å². The molecule has 0 saturated carbocycles. The standard InChI is InChI=1S/C28H27N5O6S/c1-36-21-13-11-19(12-14-21)27(35)30-28-33-32-26(40-28)17-25(34)31-29-18-20-7-3-4-8-22(20)38-15-16-39-24-10-6-5-9-23(24)37-2/h3-14,18H,15-17H2,1-2H3,(H,31,34)(H,30,33,35)/b29-18-. The number of aromatic nitrogens is 2. The third-order valence-electron chi connectivity index (χ3n) is 5.33. The lowest BCUT2D eigenvalue weighted by atomic mass is 10.2. The van der Waals surface area contributed by atoms with Gasteiger partial charge in [-0.05, 0) is 48.5 Å². The number of carbonyl (C=O) groups excluding carboxylic acids is 2. The first-order chi connectivity index (χ1) is 19.6. The Morgan fingerprint density at radius 2 is 1.52 bits per heavy atom. The summed E-state index contributed by atoms with van der Waals surface area (Å²) in [5, 5.41) is 15.3. The molecule has 11 nitrogen and oxygen atoms in total. The Kier molecular flexibility index (Phi) is 10.00. The molecule has 0 aliphatic carbocycles. The summed E-state index contributed by atoms with van der Waals surface area (Å²) in [7, 11) is 3.14. The van der Waals surface area contributed by atoms with E-state index in [-0.39, 0.29) is 23.4 Å². The van der Waals surface area contributed by atoms with Crippen LogP contribution in [0.3, 0.4) is 0 Å². The van der Waals surface area contributed by atoms with Crippen molar-refractivity contribution in [2.45, 2.75) is 6.42 Å². The molecule has 2 amide bonds. The van der Waals surface area contributed by atoms with Gasteiger partial charge in [-0.25, -0.2) is 5.43 Å². The van der Waals surface area contributed by atoms with Gasteiger partial charge in [0.1, 0.15) is 29.7 Å². The maximum absolute atomic E-state index is 12.4. The Morgan fingerprint density at radius 3 is 2.25 bits per heavy atom. The summed E-state index contributed by atoms with van der Waals surface area (Å²) in [4.78, 5) is 24.7. The Labute approximate surface area is 234 Å². The van der Waals surface area contributed by atoms with Gasteiger partial charge in [0, 0.05) is 11.1 Å². The van der Waals surface area contributed by atoms with Gasteiger partial charge in [0.05, 0.1) is 26.9 Å². The molecular formula is C28H27N5O6S. The van der Waals surface area contributed by atoms with Crippen LogP contribution in [0.25, 0.3) is 0 Å². The number of para-hydroxylation sites is 3. The van der Waals surface area contributed by atoms with Crippen molar-refractivity contribution in [3.05, 3.63) is 88.9 Å². The number of nitrogens with one attached hydrogen (secondary N) is 2. The number of hydrogen-bond acceptors (Lipinski definition) is 10. The summed E-state index contributed by atoms with van der Waals surface area (Å²) in [6.45, 7) is 0.608. The molecule has 3 aromatic carbocycles.